The van der Waals surface area contributed by atoms with Gasteiger partial charge in [-0.2, -0.15) is 0 Å². The summed E-state index contributed by atoms with van der Waals surface area (Å²) in [6.07, 6.45) is -0.819. The van der Waals surface area contributed by atoms with Gasteiger partial charge >= 0.3 is 18.1 Å². The van der Waals surface area contributed by atoms with Gasteiger partial charge in [-0.15, -0.1) is 0 Å². The zero-order valence-corrected chi connectivity index (χ0v) is 23.8. The fourth-order valence-corrected chi connectivity index (χ4v) is 6.54. The molecule has 0 bridgehead atoms. The molecule has 3 rings (SSSR count). The molecule has 10 nitrogen and oxygen atoms in total. The topological polar surface area (TPSA) is 118 Å². The SMILES string of the molecule is CC(C)C(C)(C)[SiH2]OCC1=C(C(=O)OCOC(=O)C(C)(C)C)N2C(=O)C(C3(C)COC(=O)O3)[C@H]2S1. The van der Waals surface area contributed by atoms with Crippen LogP contribution < -0.4 is 0 Å². The fraction of sp³-hybridized carbons (Fsp3) is 0.739. The number of esters is 2. The van der Waals surface area contributed by atoms with Gasteiger partial charge in [-0.3, -0.25) is 14.5 Å². The van der Waals surface area contributed by atoms with E-state index >= 15 is 0 Å². The molecule has 0 aromatic carbocycles. The summed E-state index contributed by atoms with van der Waals surface area (Å²) in [4.78, 5) is 51.6. The van der Waals surface area contributed by atoms with Crippen LogP contribution in [0.15, 0.2) is 10.6 Å². The van der Waals surface area contributed by atoms with Gasteiger partial charge in [0.1, 0.15) is 23.6 Å². The molecule has 0 radical (unpaired) electrons. The predicted octanol–water partition coefficient (Wildman–Crippen LogP) is 2.70. The summed E-state index contributed by atoms with van der Waals surface area (Å²) >= 11 is 1.32. The van der Waals surface area contributed by atoms with Gasteiger partial charge in [0.25, 0.3) is 0 Å². The summed E-state index contributed by atoms with van der Waals surface area (Å²) in [5.74, 6) is -1.90. The van der Waals surface area contributed by atoms with E-state index in [1.54, 1.807) is 27.7 Å². The molecular formula is C23H35NO9SSi. The number of rotatable bonds is 9. The molecule has 2 unspecified atom stereocenters. The molecule has 2 fully saturated rings. The number of carbonyl (C=O) groups is 4. The molecule has 2 saturated heterocycles. The Morgan fingerprint density at radius 3 is 2.40 bits per heavy atom. The van der Waals surface area contributed by atoms with Gasteiger partial charge < -0.3 is 23.4 Å². The summed E-state index contributed by atoms with van der Waals surface area (Å²) in [5.41, 5.74) is -1.79. The number of hydrogen-bond acceptors (Lipinski definition) is 10. The summed E-state index contributed by atoms with van der Waals surface area (Å²) in [6, 6.07) is 0. The van der Waals surface area contributed by atoms with Gasteiger partial charge in [0.15, 0.2) is 15.4 Å². The van der Waals surface area contributed by atoms with Gasteiger partial charge in [0.05, 0.1) is 12.0 Å². The highest BCUT2D eigenvalue weighted by atomic mass is 32.2. The Morgan fingerprint density at radius 2 is 1.86 bits per heavy atom. The van der Waals surface area contributed by atoms with Crippen molar-refractivity contribution in [2.24, 2.45) is 17.3 Å². The minimum atomic E-state index is -1.12. The van der Waals surface area contributed by atoms with E-state index in [1.165, 1.54) is 16.7 Å². The number of β-lactam (4-membered cyclic amide) rings is 1. The summed E-state index contributed by atoms with van der Waals surface area (Å²) < 4.78 is 26.6. The van der Waals surface area contributed by atoms with Gasteiger partial charge in [-0.05, 0) is 38.7 Å². The Bertz CT molecular complexity index is 942. The standard InChI is InChI=1S/C23H35NO9SSi/c1-12(2)22(6,7)35-32-9-13-15(18(26)30-11-31-19(27)21(3,4)5)24-16(25)14(17(24)34-13)23(8)10-29-20(28)33-23/h12,14,17H,9-11,35H2,1-8H3/t14?,17-,23?/m1/s1. The van der Waals surface area contributed by atoms with Crippen LogP contribution in [-0.2, 0) is 37.8 Å². The first-order valence-corrected chi connectivity index (χ1v) is 13.8. The average molecular weight is 530 g/mol. The predicted molar refractivity (Wildman–Crippen MR) is 129 cm³/mol. The second kappa shape index (κ2) is 9.77. The van der Waals surface area contributed by atoms with E-state index in [0.717, 1.165) is 0 Å². The molecule has 0 aromatic rings. The maximum absolute atomic E-state index is 13.1. The van der Waals surface area contributed by atoms with Crippen LogP contribution in [-0.4, -0.2) is 69.6 Å². The number of nitrogens with zero attached hydrogens (tertiary/aromatic N) is 1. The van der Waals surface area contributed by atoms with Crippen LogP contribution in [0.1, 0.15) is 55.4 Å². The molecule has 0 aliphatic carbocycles. The normalized spacial score (nSPS) is 26.7. The minimum Gasteiger partial charge on any atom is -0.430 e. The summed E-state index contributed by atoms with van der Waals surface area (Å²) in [7, 11) is -0.966. The molecule has 0 N–H and O–H groups in total. The first-order valence-electron chi connectivity index (χ1n) is 11.6. The van der Waals surface area contributed by atoms with Crippen molar-refractivity contribution in [3.63, 3.8) is 0 Å². The zero-order chi connectivity index (χ0) is 26.3. The largest absolute Gasteiger partial charge is 0.509 e. The Hall–Kier alpha value is -2.05. The Labute approximate surface area is 212 Å². The highest BCUT2D eigenvalue weighted by Gasteiger charge is 2.65. The van der Waals surface area contributed by atoms with Crippen LogP contribution in [0.4, 0.5) is 4.79 Å². The van der Waals surface area contributed by atoms with E-state index in [4.69, 9.17) is 23.4 Å². The molecule has 3 atom stereocenters. The average Bonchev–Trinajstić information content (AvgIpc) is 3.24. The van der Waals surface area contributed by atoms with Crippen LogP contribution in [0.3, 0.4) is 0 Å². The Morgan fingerprint density at radius 1 is 1.20 bits per heavy atom. The lowest BCUT2D eigenvalue weighted by Gasteiger charge is -2.47. The first kappa shape index (κ1) is 27.5. The highest BCUT2D eigenvalue weighted by Crippen LogP contribution is 2.54. The number of amides is 1. The van der Waals surface area contributed by atoms with E-state index in [-0.39, 0.29) is 29.9 Å². The smallest absolute Gasteiger partial charge is 0.430 e. The van der Waals surface area contributed by atoms with Crippen molar-refractivity contribution in [2.75, 3.05) is 20.0 Å². The van der Waals surface area contributed by atoms with Crippen molar-refractivity contribution < 1.29 is 42.6 Å². The van der Waals surface area contributed by atoms with Gasteiger partial charge in [-0.1, -0.05) is 39.5 Å². The number of cyclic esters (lactones) is 2. The molecular weight excluding hydrogens is 494 g/mol. The van der Waals surface area contributed by atoms with Crippen LogP contribution >= 0.6 is 11.8 Å². The van der Waals surface area contributed by atoms with Crippen LogP contribution in [0.25, 0.3) is 0 Å². The Balaban J connectivity index is 1.75. The molecule has 3 aliphatic heterocycles. The van der Waals surface area contributed by atoms with Gasteiger partial charge in [0, 0.05) is 4.91 Å². The van der Waals surface area contributed by atoms with E-state index in [9.17, 15) is 19.2 Å². The molecule has 12 heteroatoms. The van der Waals surface area contributed by atoms with Crippen molar-refractivity contribution >= 4 is 45.5 Å². The van der Waals surface area contributed by atoms with Gasteiger partial charge in [-0.25, -0.2) is 9.59 Å². The van der Waals surface area contributed by atoms with E-state index in [2.05, 4.69) is 27.7 Å². The lowest BCUT2D eigenvalue weighted by Crippen LogP contribution is -2.65. The number of thioether (sulfide) groups is 1. The molecule has 3 heterocycles. The van der Waals surface area contributed by atoms with Gasteiger partial charge in [0.2, 0.25) is 12.7 Å². The number of fused-ring (bicyclic) bond motifs is 1. The van der Waals surface area contributed by atoms with E-state index in [0.29, 0.717) is 10.8 Å². The Kier molecular flexibility index (Phi) is 7.69. The monoisotopic (exact) mass is 529 g/mol. The third-order valence-electron chi connectivity index (χ3n) is 6.72. The molecule has 35 heavy (non-hydrogen) atoms. The number of carbonyl (C=O) groups excluding carboxylic acids is 4. The third kappa shape index (κ3) is 5.53. The second-order valence-corrected chi connectivity index (χ2v) is 15.0. The zero-order valence-electron chi connectivity index (χ0n) is 21.6. The van der Waals surface area contributed by atoms with Crippen molar-refractivity contribution in [2.45, 2.75) is 71.4 Å². The summed E-state index contributed by atoms with van der Waals surface area (Å²) in [6.45, 7) is 14.9. The minimum absolute atomic E-state index is 0.0446. The summed E-state index contributed by atoms with van der Waals surface area (Å²) in [5, 5.41) is -0.411. The van der Waals surface area contributed by atoms with Crippen molar-refractivity contribution in [3.05, 3.63) is 10.6 Å². The molecule has 196 valence electrons. The van der Waals surface area contributed by atoms with Crippen LogP contribution in [0.5, 0.6) is 0 Å². The maximum atomic E-state index is 13.1. The number of ether oxygens (including phenoxy) is 4. The first-order chi connectivity index (χ1) is 16.1. The molecule has 1 amide bonds. The lowest BCUT2D eigenvalue weighted by atomic mass is 9.81. The van der Waals surface area contributed by atoms with Crippen molar-refractivity contribution in [1.82, 2.24) is 4.90 Å². The van der Waals surface area contributed by atoms with E-state index < -0.39 is 57.0 Å². The molecule has 0 spiro atoms. The van der Waals surface area contributed by atoms with Crippen molar-refractivity contribution in [1.29, 1.82) is 0 Å². The van der Waals surface area contributed by atoms with Crippen LogP contribution in [0, 0.1) is 17.3 Å². The molecule has 0 saturated carbocycles. The number of hydrogen-bond donors (Lipinski definition) is 0. The third-order valence-corrected chi connectivity index (χ3v) is 10.0. The quantitative estimate of drug-likeness (QED) is 0.191. The van der Waals surface area contributed by atoms with Crippen LogP contribution in [0.2, 0.25) is 5.04 Å². The van der Waals surface area contributed by atoms with E-state index in [1.807, 2.05) is 0 Å². The fourth-order valence-electron chi connectivity index (χ4n) is 3.64. The maximum Gasteiger partial charge on any atom is 0.509 e. The molecule has 0 aromatic heterocycles. The van der Waals surface area contributed by atoms with Crippen molar-refractivity contribution in [3.8, 4) is 0 Å². The highest BCUT2D eigenvalue weighted by molar-refractivity contribution is 8.04. The lowest BCUT2D eigenvalue weighted by molar-refractivity contribution is -0.175. The molecule has 3 aliphatic rings. The second-order valence-electron chi connectivity index (χ2n) is 11.3.